The fraction of sp³-hybridized carbons (Fsp3) is 0.744. The van der Waals surface area contributed by atoms with Gasteiger partial charge in [-0.05, 0) is 70.6 Å². The van der Waals surface area contributed by atoms with Gasteiger partial charge >= 0.3 is 17.9 Å². The molecule has 0 aromatic rings. The van der Waals surface area contributed by atoms with Crippen LogP contribution in [0.25, 0.3) is 0 Å². The van der Waals surface area contributed by atoms with Gasteiger partial charge in [0.1, 0.15) is 6.61 Å². The second kappa shape index (κ2) is 34.4. The minimum absolute atomic E-state index is 0.0467. The van der Waals surface area contributed by atoms with E-state index in [4.69, 9.17) is 14.2 Å². The first-order valence-electron chi connectivity index (χ1n) is 20.2. The average Bonchev–Trinajstić information content (AvgIpc) is 3.08. The molecule has 0 heterocycles. The Kier molecular flexibility index (Phi) is 32.6. The molecule has 8 nitrogen and oxygen atoms in total. The van der Waals surface area contributed by atoms with Gasteiger partial charge in [0.25, 0.3) is 0 Å². The van der Waals surface area contributed by atoms with E-state index < -0.39 is 18.1 Å². The lowest BCUT2D eigenvalue weighted by atomic mass is 10.1. The summed E-state index contributed by atoms with van der Waals surface area (Å²) in [5.74, 6) is -1.52. The van der Waals surface area contributed by atoms with Crippen molar-refractivity contribution in [1.82, 2.24) is 0 Å². The Bertz CT molecular complexity index is 979. The van der Waals surface area contributed by atoms with Gasteiger partial charge in [0.05, 0.1) is 34.4 Å². The number of esters is 2. The van der Waals surface area contributed by atoms with E-state index in [1.807, 2.05) is 21.1 Å². The number of carboxylic acids is 1. The van der Waals surface area contributed by atoms with Crippen molar-refractivity contribution in [3.8, 4) is 0 Å². The molecule has 2 atom stereocenters. The highest BCUT2D eigenvalue weighted by Crippen LogP contribution is 2.12. The second-order valence-electron chi connectivity index (χ2n) is 14.5. The molecule has 294 valence electrons. The topological polar surface area (TPSA) is 99.1 Å². The second-order valence-corrected chi connectivity index (χ2v) is 14.5. The number of likely N-dealkylation sites (N-methyl/N-ethyl adjacent to an activating group) is 1. The molecule has 51 heavy (non-hydrogen) atoms. The summed E-state index contributed by atoms with van der Waals surface area (Å²) in [4.78, 5) is 36.8. The van der Waals surface area contributed by atoms with Gasteiger partial charge in [0.2, 0.25) is 0 Å². The molecule has 0 aromatic heterocycles. The number of aliphatic carboxylic acids is 1. The van der Waals surface area contributed by atoms with Crippen LogP contribution in [0.4, 0.5) is 0 Å². The molecule has 0 amide bonds. The Hall–Kier alpha value is -2.71. The van der Waals surface area contributed by atoms with Crippen molar-refractivity contribution in [2.45, 2.75) is 167 Å². The first-order valence-corrected chi connectivity index (χ1v) is 20.2. The number of carboxylic acid groups (broad SMARTS) is 1. The molecule has 0 aliphatic carbocycles. The first kappa shape index (κ1) is 48.3. The van der Waals surface area contributed by atoms with Crippen LogP contribution in [-0.4, -0.2) is 80.6 Å². The van der Waals surface area contributed by atoms with Gasteiger partial charge in [-0.1, -0.05) is 114 Å². The normalized spacial score (nSPS) is 13.5. The lowest BCUT2D eigenvalue weighted by Gasteiger charge is -2.31. The minimum atomic E-state index is -0.883. The Labute approximate surface area is 312 Å². The van der Waals surface area contributed by atoms with Crippen LogP contribution in [0.2, 0.25) is 0 Å². The van der Waals surface area contributed by atoms with Crippen LogP contribution >= 0.6 is 0 Å². The summed E-state index contributed by atoms with van der Waals surface area (Å²) < 4.78 is 17.2. The fourth-order valence-corrected chi connectivity index (χ4v) is 5.57. The van der Waals surface area contributed by atoms with Crippen molar-refractivity contribution in [2.24, 2.45) is 0 Å². The highest BCUT2D eigenvalue weighted by molar-refractivity contribution is 5.72. The van der Waals surface area contributed by atoms with E-state index in [9.17, 15) is 19.5 Å². The van der Waals surface area contributed by atoms with Crippen molar-refractivity contribution in [2.75, 3.05) is 41.0 Å². The number of unbranched alkanes of at least 4 members (excludes halogenated alkanes) is 13. The quantitative estimate of drug-likeness (QED) is 0.0301. The number of ether oxygens (including phenoxy) is 3. The number of rotatable bonds is 35. The zero-order valence-electron chi connectivity index (χ0n) is 33.3. The van der Waals surface area contributed by atoms with Crippen LogP contribution in [0.5, 0.6) is 0 Å². The van der Waals surface area contributed by atoms with Crippen LogP contribution in [0.3, 0.4) is 0 Å². The number of nitrogens with zero attached hydrogens (tertiary/aromatic N) is 1. The van der Waals surface area contributed by atoms with E-state index in [0.717, 1.165) is 83.5 Å². The average molecular weight is 719 g/mol. The van der Waals surface area contributed by atoms with Gasteiger partial charge < -0.3 is 23.8 Å². The molecule has 8 heteroatoms. The number of allylic oxidation sites excluding steroid dienone is 8. The Balaban J connectivity index is 4.46. The summed E-state index contributed by atoms with van der Waals surface area (Å²) in [7, 11) is 5.50. The SMILES string of the molecule is CC/C=C/C/C=C/C/C=C/CCCCCCC(=O)OCC(COCCC(C(=O)O)[N+](C)(C)C)OC(=O)CCCCC/C=C/CCCCCCCC. The van der Waals surface area contributed by atoms with Crippen molar-refractivity contribution < 1.29 is 38.2 Å². The molecule has 0 aliphatic rings. The molecule has 2 unspecified atom stereocenters. The smallest absolute Gasteiger partial charge is 0.362 e. The predicted octanol–water partition coefficient (Wildman–Crippen LogP) is 10.5. The maximum Gasteiger partial charge on any atom is 0.362 e. The van der Waals surface area contributed by atoms with E-state index in [-0.39, 0.29) is 36.2 Å². The van der Waals surface area contributed by atoms with Gasteiger partial charge in [-0.25, -0.2) is 4.79 Å². The number of carbonyl (C=O) groups excluding carboxylic acids is 2. The van der Waals surface area contributed by atoms with Crippen molar-refractivity contribution in [3.05, 3.63) is 48.6 Å². The lowest BCUT2D eigenvalue weighted by Crippen LogP contribution is -2.50. The molecule has 0 radical (unpaired) electrons. The summed E-state index contributed by atoms with van der Waals surface area (Å²) in [6.45, 7) is 4.56. The van der Waals surface area contributed by atoms with E-state index in [0.29, 0.717) is 19.3 Å². The molecule has 0 spiro atoms. The van der Waals surface area contributed by atoms with Crippen LogP contribution < -0.4 is 0 Å². The van der Waals surface area contributed by atoms with E-state index in [2.05, 4.69) is 62.5 Å². The highest BCUT2D eigenvalue weighted by Gasteiger charge is 2.31. The molecule has 0 bridgehead atoms. The van der Waals surface area contributed by atoms with Crippen LogP contribution in [0, 0.1) is 0 Å². The van der Waals surface area contributed by atoms with Crippen LogP contribution in [0.1, 0.15) is 155 Å². The van der Waals surface area contributed by atoms with Gasteiger partial charge in [-0.15, -0.1) is 0 Å². The summed E-state index contributed by atoms with van der Waals surface area (Å²) >= 11 is 0. The zero-order chi connectivity index (χ0) is 37.8. The molecule has 0 aliphatic heterocycles. The molecule has 0 rings (SSSR count). The number of hydrogen-bond donors (Lipinski definition) is 1. The van der Waals surface area contributed by atoms with Gasteiger partial charge in [-0.2, -0.15) is 0 Å². The predicted molar refractivity (Wildman–Crippen MR) is 211 cm³/mol. The largest absolute Gasteiger partial charge is 0.477 e. The molecule has 0 saturated carbocycles. The summed E-state index contributed by atoms with van der Waals surface area (Å²) in [5.41, 5.74) is 0. The molecule has 1 N–H and O–H groups in total. The van der Waals surface area contributed by atoms with E-state index >= 15 is 0 Å². The third-order valence-corrected chi connectivity index (χ3v) is 8.71. The highest BCUT2D eigenvalue weighted by atomic mass is 16.6. The first-order chi connectivity index (χ1) is 24.6. The monoisotopic (exact) mass is 719 g/mol. The number of quaternary nitrogens is 1. The van der Waals surface area contributed by atoms with Crippen LogP contribution in [-0.2, 0) is 28.6 Å². The number of hydrogen-bond acceptors (Lipinski definition) is 6. The van der Waals surface area contributed by atoms with E-state index in [1.54, 1.807) is 0 Å². The molecule has 0 aromatic carbocycles. The summed E-state index contributed by atoms with van der Waals surface area (Å²) in [6, 6.07) is -0.620. The van der Waals surface area contributed by atoms with E-state index in [1.165, 1.54) is 38.5 Å². The standard InChI is InChI=1S/C43H75NO7/c1-6-8-10-12-14-16-18-20-22-23-25-27-29-31-33-41(45)50-38-39(37-49-36-35-40(43(47)48)44(3,4)5)51-42(46)34-32-30-28-26-24-21-19-17-15-13-11-9-7-2/h8,10,14,16,20-22,24,39-40H,6-7,9,11-13,15,17-19,23,25-38H2,1-5H3/p+1/b10-8+,16-14+,22-20+,24-21+. The van der Waals surface area contributed by atoms with Crippen molar-refractivity contribution >= 4 is 17.9 Å². The van der Waals surface area contributed by atoms with Crippen molar-refractivity contribution in [3.63, 3.8) is 0 Å². The molecular weight excluding hydrogens is 642 g/mol. The molecule has 0 saturated heterocycles. The third kappa shape index (κ3) is 32.9. The molecular formula is C43H76NO7+. The van der Waals surface area contributed by atoms with Gasteiger partial charge in [-0.3, -0.25) is 9.59 Å². The summed E-state index contributed by atoms with van der Waals surface area (Å²) in [5, 5.41) is 9.59. The third-order valence-electron chi connectivity index (χ3n) is 8.71. The molecule has 0 fully saturated rings. The van der Waals surface area contributed by atoms with Gasteiger partial charge in [0, 0.05) is 19.3 Å². The Morgan fingerprint density at radius 1 is 0.608 bits per heavy atom. The maximum atomic E-state index is 12.7. The Morgan fingerprint density at radius 3 is 1.67 bits per heavy atom. The maximum absolute atomic E-state index is 12.7. The number of carbonyl (C=O) groups is 3. The lowest BCUT2D eigenvalue weighted by molar-refractivity contribution is -0.887. The zero-order valence-corrected chi connectivity index (χ0v) is 33.3. The van der Waals surface area contributed by atoms with Crippen LogP contribution in [0.15, 0.2) is 48.6 Å². The minimum Gasteiger partial charge on any atom is -0.477 e. The van der Waals surface area contributed by atoms with Gasteiger partial charge in [0.15, 0.2) is 12.1 Å². The fourth-order valence-electron chi connectivity index (χ4n) is 5.57. The summed E-state index contributed by atoms with van der Waals surface area (Å²) in [6.07, 6.45) is 38.7. The van der Waals surface area contributed by atoms with Crippen molar-refractivity contribution in [1.29, 1.82) is 0 Å². The Morgan fingerprint density at radius 2 is 1.10 bits per heavy atom.